The van der Waals surface area contributed by atoms with Crippen LogP contribution in [0.1, 0.15) is 16.1 Å². The fourth-order valence-corrected chi connectivity index (χ4v) is 2.19. The Kier molecular flexibility index (Phi) is 2.90. The lowest BCUT2D eigenvalue weighted by Crippen LogP contribution is -2.14. The number of ketones is 1. The maximum Gasteiger partial charge on any atom is 0.178 e. The van der Waals surface area contributed by atoms with Gasteiger partial charge in [-0.25, -0.2) is 0 Å². The van der Waals surface area contributed by atoms with Crippen LogP contribution in [0.3, 0.4) is 0 Å². The largest absolute Gasteiger partial charge is 0.496 e. The van der Waals surface area contributed by atoms with Gasteiger partial charge in [0.25, 0.3) is 0 Å². The van der Waals surface area contributed by atoms with E-state index < -0.39 is 0 Å². The van der Waals surface area contributed by atoms with Crippen LogP contribution < -0.4 is 10.5 Å². The minimum atomic E-state index is -0.0578. The molecular weight excluding hydrogens is 216 g/mol. The van der Waals surface area contributed by atoms with Crippen LogP contribution in [0.5, 0.6) is 5.75 Å². The van der Waals surface area contributed by atoms with E-state index in [1.807, 2.05) is 36.7 Å². The highest BCUT2D eigenvalue weighted by Crippen LogP contribution is 2.32. The average Bonchev–Trinajstić information content (AvgIpc) is 2.61. The van der Waals surface area contributed by atoms with E-state index in [2.05, 4.69) is 0 Å². The second-order valence-electron chi connectivity index (χ2n) is 4.00. The molecule has 0 aliphatic rings. The van der Waals surface area contributed by atoms with E-state index in [4.69, 9.17) is 10.5 Å². The highest BCUT2D eigenvalue weighted by Gasteiger charge is 2.20. The Bertz CT molecular complexity index is 585. The predicted molar refractivity (Wildman–Crippen MR) is 67.6 cm³/mol. The van der Waals surface area contributed by atoms with Gasteiger partial charge in [-0.3, -0.25) is 4.79 Å². The van der Waals surface area contributed by atoms with Crippen LogP contribution in [-0.2, 0) is 7.05 Å². The Morgan fingerprint density at radius 2 is 2.18 bits per heavy atom. The first kappa shape index (κ1) is 11.7. The Morgan fingerprint density at radius 3 is 2.76 bits per heavy atom. The number of carbonyl (C=O) groups is 1. The molecule has 0 atom stereocenters. The molecule has 90 valence electrons. The van der Waals surface area contributed by atoms with Gasteiger partial charge in [0.2, 0.25) is 0 Å². The molecule has 0 aliphatic heterocycles. The van der Waals surface area contributed by atoms with Gasteiger partial charge in [0.05, 0.1) is 30.1 Å². The highest BCUT2D eigenvalue weighted by atomic mass is 16.5. The molecule has 17 heavy (non-hydrogen) atoms. The average molecular weight is 232 g/mol. The SMILES string of the molecule is COc1cccc2c1c(C(=O)CN)c(C)n2C. The van der Waals surface area contributed by atoms with Gasteiger partial charge in [0, 0.05) is 12.7 Å². The smallest absolute Gasteiger partial charge is 0.178 e. The Balaban J connectivity index is 2.90. The van der Waals surface area contributed by atoms with Crippen LogP contribution in [0.2, 0.25) is 0 Å². The molecule has 0 saturated heterocycles. The van der Waals surface area contributed by atoms with E-state index in [9.17, 15) is 4.79 Å². The summed E-state index contributed by atoms with van der Waals surface area (Å²) >= 11 is 0. The molecule has 0 spiro atoms. The van der Waals surface area contributed by atoms with Crippen molar-refractivity contribution in [3.8, 4) is 5.75 Å². The fraction of sp³-hybridized carbons (Fsp3) is 0.308. The van der Waals surface area contributed by atoms with Crippen molar-refractivity contribution in [2.75, 3.05) is 13.7 Å². The summed E-state index contributed by atoms with van der Waals surface area (Å²) in [4.78, 5) is 11.9. The van der Waals surface area contributed by atoms with E-state index in [-0.39, 0.29) is 12.3 Å². The number of benzene rings is 1. The lowest BCUT2D eigenvalue weighted by Gasteiger charge is -2.03. The fourth-order valence-electron chi connectivity index (χ4n) is 2.19. The summed E-state index contributed by atoms with van der Waals surface area (Å²) < 4.78 is 7.31. The number of hydrogen-bond donors (Lipinski definition) is 1. The van der Waals surface area contributed by atoms with Gasteiger partial charge < -0.3 is 15.0 Å². The van der Waals surface area contributed by atoms with Crippen LogP contribution in [0.25, 0.3) is 10.9 Å². The van der Waals surface area contributed by atoms with E-state index in [1.165, 1.54) is 0 Å². The van der Waals surface area contributed by atoms with Gasteiger partial charge in [-0.15, -0.1) is 0 Å². The van der Waals surface area contributed by atoms with Gasteiger partial charge in [-0.05, 0) is 19.1 Å². The van der Waals surface area contributed by atoms with Crippen LogP contribution in [0.4, 0.5) is 0 Å². The maximum atomic E-state index is 11.9. The molecule has 0 radical (unpaired) electrons. The highest BCUT2D eigenvalue weighted by molar-refractivity contribution is 6.12. The van der Waals surface area contributed by atoms with Crippen LogP contribution in [0.15, 0.2) is 18.2 Å². The van der Waals surface area contributed by atoms with E-state index in [1.54, 1.807) is 7.11 Å². The molecule has 1 aromatic carbocycles. The second kappa shape index (κ2) is 4.22. The summed E-state index contributed by atoms with van der Waals surface area (Å²) in [6.07, 6.45) is 0. The molecule has 2 rings (SSSR count). The molecule has 0 bridgehead atoms. The number of methoxy groups -OCH3 is 1. The number of ether oxygens (including phenoxy) is 1. The molecule has 1 heterocycles. The third-order valence-electron chi connectivity index (χ3n) is 3.16. The maximum absolute atomic E-state index is 11.9. The molecule has 0 fully saturated rings. The Hall–Kier alpha value is -1.81. The number of hydrogen-bond acceptors (Lipinski definition) is 3. The molecule has 0 saturated carbocycles. The molecule has 0 aliphatic carbocycles. The van der Waals surface area contributed by atoms with Gasteiger partial charge in [0.15, 0.2) is 5.78 Å². The lowest BCUT2D eigenvalue weighted by atomic mass is 10.1. The summed E-state index contributed by atoms with van der Waals surface area (Å²) in [5.41, 5.74) is 8.04. The number of aryl methyl sites for hydroxylation is 1. The zero-order valence-corrected chi connectivity index (χ0v) is 10.3. The van der Waals surface area contributed by atoms with Gasteiger partial charge in [-0.2, -0.15) is 0 Å². The second-order valence-corrected chi connectivity index (χ2v) is 4.00. The summed E-state index contributed by atoms with van der Waals surface area (Å²) in [5, 5.41) is 0.852. The Labute approximate surface area is 100.0 Å². The third-order valence-corrected chi connectivity index (χ3v) is 3.16. The van der Waals surface area contributed by atoms with E-state index in [0.29, 0.717) is 11.3 Å². The zero-order chi connectivity index (χ0) is 12.6. The van der Waals surface area contributed by atoms with Crippen LogP contribution in [-0.4, -0.2) is 24.0 Å². The van der Waals surface area contributed by atoms with Crippen molar-refractivity contribution in [2.24, 2.45) is 12.8 Å². The normalized spacial score (nSPS) is 10.8. The summed E-state index contributed by atoms with van der Waals surface area (Å²) in [6.45, 7) is 1.93. The number of nitrogens with two attached hydrogens (primary N) is 1. The number of rotatable bonds is 3. The van der Waals surface area contributed by atoms with Crippen LogP contribution >= 0.6 is 0 Å². The summed E-state index contributed by atoms with van der Waals surface area (Å²) in [7, 11) is 3.54. The topological polar surface area (TPSA) is 57.2 Å². The number of nitrogens with zero attached hydrogens (tertiary/aromatic N) is 1. The molecule has 0 unspecified atom stereocenters. The quantitative estimate of drug-likeness (QED) is 0.818. The first-order valence-corrected chi connectivity index (χ1v) is 5.47. The molecule has 4 nitrogen and oxygen atoms in total. The van der Waals surface area contributed by atoms with Crippen molar-refractivity contribution in [3.63, 3.8) is 0 Å². The van der Waals surface area contributed by atoms with Gasteiger partial charge in [0.1, 0.15) is 5.75 Å². The van der Waals surface area contributed by atoms with Crippen molar-refractivity contribution in [2.45, 2.75) is 6.92 Å². The zero-order valence-electron chi connectivity index (χ0n) is 10.3. The standard InChI is InChI=1S/C13H16N2O2/c1-8-12(10(16)7-14)13-9(15(8)2)5-4-6-11(13)17-3/h4-6H,7,14H2,1-3H3. The van der Waals surface area contributed by atoms with Crippen molar-refractivity contribution in [1.29, 1.82) is 0 Å². The number of carbonyl (C=O) groups excluding carboxylic acids is 1. The van der Waals surface area contributed by atoms with Crippen molar-refractivity contribution in [3.05, 3.63) is 29.5 Å². The number of aromatic nitrogens is 1. The number of Topliss-reactive ketones (excluding diaryl/α,β-unsaturated/α-hetero) is 1. The first-order chi connectivity index (χ1) is 8.11. The van der Waals surface area contributed by atoms with Crippen molar-refractivity contribution < 1.29 is 9.53 Å². The minimum Gasteiger partial charge on any atom is -0.496 e. The third kappa shape index (κ3) is 1.61. The molecule has 2 N–H and O–H groups in total. The molecular formula is C13H16N2O2. The van der Waals surface area contributed by atoms with Crippen molar-refractivity contribution in [1.82, 2.24) is 4.57 Å². The lowest BCUT2D eigenvalue weighted by molar-refractivity contribution is 0.100. The Morgan fingerprint density at radius 1 is 1.47 bits per heavy atom. The minimum absolute atomic E-state index is 0.0119. The molecule has 0 amide bonds. The summed E-state index contributed by atoms with van der Waals surface area (Å²) in [6, 6.07) is 5.74. The predicted octanol–water partition coefficient (Wildman–Crippen LogP) is 1.64. The van der Waals surface area contributed by atoms with Gasteiger partial charge in [-0.1, -0.05) is 6.07 Å². The van der Waals surface area contributed by atoms with Crippen molar-refractivity contribution >= 4 is 16.7 Å². The van der Waals surface area contributed by atoms with E-state index in [0.717, 1.165) is 16.6 Å². The summed E-state index contributed by atoms with van der Waals surface area (Å²) in [5.74, 6) is 0.653. The monoisotopic (exact) mass is 232 g/mol. The first-order valence-electron chi connectivity index (χ1n) is 5.47. The number of fused-ring (bicyclic) bond motifs is 1. The molecule has 2 aromatic rings. The van der Waals surface area contributed by atoms with Crippen LogP contribution in [0, 0.1) is 6.92 Å². The molecule has 4 heteroatoms. The molecule has 1 aromatic heterocycles. The van der Waals surface area contributed by atoms with E-state index >= 15 is 0 Å². The van der Waals surface area contributed by atoms with Gasteiger partial charge >= 0.3 is 0 Å².